The molecule has 20 heteroatoms. The van der Waals surface area contributed by atoms with Gasteiger partial charge in [0.15, 0.2) is 5.78 Å². The summed E-state index contributed by atoms with van der Waals surface area (Å²) in [5, 5.41) is 11.0. The molecule has 1 aliphatic rings. The second-order valence-electron chi connectivity index (χ2n) is 15.9. The highest BCUT2D eigenvalue weighted by Gasteiger charge is 2.33. The van der Waals surface area contributed by atoms with Gasteiger partial charge in [-0.3, -0.25) is 28.8 Å². The molecule has 0 aliphatic carbocycles. The van der Waals surface area contributed by atoms with Crippen molar-refractivity contribution < 1.29 is 66.9 Å². The van der Waals surface area contributed by atoms with Gasteiger partial charge in [0.2, 0.25) is 11.8 Å². The lowest BCUT2D eigenvalue weighted by Gasteiger charge is -2.24. The summed E-state index contributed by atoms with van der Waals surface area (Å²) in [5.74, 6) is -4.34. The Morgan fingerprint density at radius 1 is 0.774 bits per heavy atom. The van der Waals surface area contributed by atoms with Gasteiger partial charge in [0.05, 0.1) is 45.5 Å². The molecule has 1 aromatic carbocycles. The lowest BCUT2D eigenvalue weighted by molar-refractivity contribution is -0.198. The van der Waals surface area contributed by atoms with Crippen LogP contribution in [-0.4, -0.2) is 117 Å². The van der Waals surface area contributed by atoms with Gasteiger partial charge in [0.25, 0.3) is 11.8 Å². The Labute approximate surface area is 362 Å². The van der Waals surface area contributed by atoms with Crippen molar-refractivity contribution >= 4 is 59.0 Å². The summed E-state index contributed by atoms with van der Waals surface area (Å²) in [7, 11) is 0. The number of ketones is 2. The van der Waals surface area contributed by atoms with Gasteiger partial charge >= 0.3 is 18.1 Å². The third-order valence-electron chi connectivity index (χ3n) is 9.31. The number of ether oxygens (including phenoxy) is 4. The highest BCUT2D eigenvalue weighted by molar-refractivity contribution is 6.01. The minimum absolute atomic E-state index is 0.0284. The zero-order chi connectivity index (χ0) is 46.1. The fraction of sp³-hybridized carbons (Fsp3) is 0.643. The van der Waals surface area contributed by atoms with E-state index < -0.39 is 53.7 Å². The maximum absolute atomic E-state index is 13.6. The van der Waals surface area contributed by atoms with Crippen molar-refractivity contribution in [3.05, 3.63) is 29.8 Å². The Bertz CT molecular complexity index is 1650. The SMILES string of the molecule is CC(C)[C@@H](NC(=O)CCOCCC(=O)ON1C(=O)CCC1=O)C(=O)C[C@H](CCCNC(N)=O)C(=O)Nc1ccc(COC(=O)NCCOCCOCCCC(=O)C(C)(C)C)cc1. The molecule has 62 heavy (non-hydrogen) atoms. The van der Waals surface area contributed by atoms with Gasteiger partial charge in [-0.15, -0.1) is 5.06 Å². The van der Waals surface area contributed by atoms with Crippen molar-refractivity contribution in [3.8, 4) is 0 Å². The van der Waals surface area contributed by atoms with Gasteiger partial charge < -0.3 is 50.8 Å². The number of anilines is 1. The van der Waals surface area contributed by atoms with E-state index in [0.29, 0.717) is 55.4 Å². The van der Waals surface area contributed by atoms with Crippen molar-refractivity contribution in [2.45, 2.75) is 105 Å². The highest BCUT2D eigenvalue weighted by Crippen LogP contribution is 2.20. The first-order valence-electron chi connectivity index (χ1n) is 20.9. The van der Waals surface area contributed by atoms with E-state index in [4.69, 9.17) is 29.5 Å². The molecule has 0 saturated carbocycles. The minimum Gasteiger partial charge on any atom is -0.445 e. The van der Waals surface area contributed by atoms with Crippen LogP contribution in [0.1, 0.15) is 98.0 Å². The first-order valence-corrected chi connectivity index (χ1v) is 20.9. The molecule has 0 spiro atoms. The van der Waals surface area contributed by atoms with Gasteiger partial charge in [-0.25, -0.2) is 14.4 Å². The van der Waals surface area contributed by atoms with E-state index in [9.17, 15) is 43.2 Å². The molecule has 2 atom stereocenters. The largest absolute Gasteiger partial charge is 0.445 e. The van der Waals surface area contributed by atoms with Gasteiger partial charge in [-0.1, -0.05) is 46.8 Å². The molecule has 0 aromatic heterocycles. The summed E-state index contributed by atoms with van der Waals surface area (Å²) < 4.78 is 21.5. The summed E-state index contributed by atoms with van der Waals surface area (Å²) in [4.78, 5) is 115. The molecule has 6 N–H and O–H groups in total. The normalized spacial score (nSPS) is 13.6. The fourth-order valence-electron chi connectivity index (χ4n) is 5.73. The van der Waals surface area contributed by atoms with Crippen LogP contribution in [0.5, 0.6) is 0 Å². The first kappa shape index (κ1) is 52.7. The molecule has 1 fully saturated rings. The molecule has 7 amide bonds. The van der Waals surface area contributed by atoms with Crippen molar-refractivity contribution in [1.82, 2.24) is 21.0 Å². The molecule has 346 valence electrons. The van der Waals surface area contributed by atoms with Crippen molar-refractivity contribution in [1.29, 1.82) is 0 Å². The molecular weight excluding hydrogens is 812 g/mol. The van der Waals surface area contributed by atoms with E-state index in [0.717, 1.165) is 0 Å². The lowest BCUT2D eigenvalue weighted by atomic mass is 9.88. The molecular formula is C42H64N6O14. The summed E-state index contributed by atoms with van der Waals surface area (Å²) in [6.45, 7) is 10.7. The second kappa shape index (κ2) is 28.2. The van der Waals surface area contributed by atoms with Crippen molar-refractivity contribution in [2.24, 2.45) is 23.0 Å². The number of primary amides is 1. The van der Waals surface area contributed by atoms with E-state index in [1.807, 2.05) is 20.8 Å². The average molecular weight is 877 g/mol. The number of urea groups is 1. The van der Waals surface area contributed by atoms with Crippen LogP contribution in [-0.2, 0) is 64.0 Å². The number of carbonyl (C=O) groups is 9. The molecule has 1 aromatic rings. The van der Waals surface area contributed by atoms with Crippen LogP contribution in [0.25, 0.3) is 0 Å². The third kappa shape index (κ3) is 21.9. The van der Waals surface area contributed by atoms with Crippen molar-refractivity contribution in [2.75, 3.05) is 58.0 Å². The van der Waals surface area contributed by atoms with E-state index in [-0.39, 0.29) is 101 Å². The number of benzene rings is 1. The number of hydroxylamine groups is 2. The minimum atomic E-state index is -0.927. The number of rotatable bonds is 30. The molecule has 0 bridgehead atoms. The summed E-state index contributed by atoms with van der Waals surface area (Å²) in [6, 6.07) is 4.93. The summed E-state index contributed by atoms with van der Waals surface area (Å²) >= 11 is 0. The topological polar surface area (TPSA) is 277 Å². The van der Waals surface area contributed by atoms with Gasteiger partial charge in [0, 0.05) is 68.8 Å². The van der Waals surface area contributed by atoms with Gasteiger partial charge in [-0.05, 0) is 42.9 Å². The van der Waals surface area contributed by atoms with E-state index in [1.54, 1.807) is 38.1 Å². The monoisotopic (exact) mass is 876 g/mol. The molecule has 0 unspecified atom stereocenters. The summed E-state index contributed by atoms with van der Waals surface area (Å²) in [6.07, 6.45) is 0.362. The number of imide groups is 1. The number of nitrogens with two attached hydrogens (primary N) is 1. The van der Waals surface area contributed by atoms with Gasteiger partial charge in [0.1, 0.15) is 12.4 Å². The standard InChI is InChI=1S/C42H64N6O14/c1-28(2)38(47-34(51)16-21-59-22-17-37(54)62-48-35(52)14-15-36(48)53)32(49)26-30(8-6-18-44-40(43)56)39(55)46-31-12-10-29(11-13-31)27-61-41(57)45-19-23-60-25-24-58-20-7-9-33(50)42(3,4)5/h10-13,28,30,38H,6-9,14-27H2,1-5H3,(H,45,57)(H,46,55)(H,47,51)(H3,43,44,56)/t30-,38+/m0/s1. The van der Waals surface area contributed by atoms with Crippen LogP contribution in [0.4, 0.5) is 15.3 Å². The van der Waals surface area contributed by atoms with Crippen LogP contribution >= 0.6 is 0 Å². The Kier molecular flexibility index (Phi) is 23.9. The maximum Gasteiger partial charge on any atom is 0.407 e. The van der Waals surface area contributed by atoms with E-state index in [1.165, 1.54) is 0 Å². The van der Waals surface area contributed by atoms with E-state index >= 15 is 0 Å². The van der Waals surface area contributed by atoms with Crippen LogP contribution in [0, 0.1) is 17.3 Å². The maximum atomic E-state index is 13.6. The molecule has 1 aliphatic heterocycles. The van der Waals surface area contributed by atoms with Crippen LogP contribution in [0.3, 0.4) is 0 Å². The molecule has 1 saturated heterocycles. The first-order chi connectivity index (χ1) is 29.4. The third-order valence-corrected chi connectivity index (χ3v) is 9.31. The number of carbonyl (C=O) groups excluding carboxylic acids is 9. The number of nitrogens with zero attached hydrogens (tertiary/aromatic N) is 1. The molecule has 2 rings (SSSR count). The van der Waals surface area contributed by atoms with Crippen LogP contribution in [0.2, 0.25) is 0 Å². The van der Waals surface area contributed by atoms with Crippen LogP contribution < -0.4 is 27.0 Å². The Balaban J connectivity index is 1.78. The average Bonchev–Trinajstić information content (AvgIpc) is 3.52. The number of nitrogens with one attached hydrogen (secondary N) is 4. The fourth-order valence-corrected chi connectivity index (χ4v) is 5.73. The van der Waals surface area contributed by atoms with E-state index in [2.05, 4.69) is 21.3 Å². The Morgan fingerprint density at radius 3 is 2.03 bits per heavy atom. The zero-order valence-electron chi connectivity index (χ0n) is 36.5. The number of Topliss-reactive ketones (excluding diaryl/α,β-unsaturated/α-hetero) is 2. The van der Waals surface area contributed by atoms with Gasteiger partial charge in [-0.2, -0.15) is 0 Å². The number of hydrogen-bond donors (Lipinski definition) is 5. The quantitative estimate of drug-likeness (QED) is 0.0549. The Morgan fingerprint density at radius 2 is 1.40 bits per heavy atom. The smallest absolute Gasteiger partial charge is 0.407 e. The Hall–Kier alpha value is -5.47. The zero-order valence-corrected chi connectivity index (χ0v) is 36.5. The predicted octanol–water partition coefficient (Wildman–Crippen LogP) is 2.85. The van der Waals surface area contributed by atoms with Crippen LogP contribution in [0.15, 0.2) is 24.3 Å². The molecule has 0 radical (unpaired) electrons. The highest BCUT2D eigenvalue weighted by atomic mass is 16.7. The number of amides is 7. The predicted molar refractivity (Wildman–Crippen MR) is 223 cm³/mol. The molecule has 1 heterocycles. The van der Waals surface area contributed by atoms with Crippen molar-refractivity contribution in [3.63, 3.8) is 0 Å². The number of hydrogen-bond acceptors (Lipinski definition) is 14. The summed E-state index contributed by atoms with van der Waals surface area (Å²) in [5.41, 5.74) is 5.89. The molecule has 20 nitrogen and oxygen atoms in total. The number of alkyl carbamates (subject to hydrolysis) is 1. The second-order valence-corrected chi connectivity index (χ2v) is 15.9. The lowest BCUT2D eigenvalue weighted by Crippen LogP contribution is -2.45.